The third-order valence-electron chi connectivity index (χ3n) is 3.63. The summed E-state index contributed by atoms with van der Waals surface area (Å²) in [5, 5.41) is 12.6. The minimum Gasteiger partial charge on any atom is -0.497 e. The van der Waals surface area contributed by atoms with E-state index in [2.05, 4.69) is 5.32 Å². The average Bonchev–Trinajstić information content (AvgIpc) is 2.60. The zero-order valence-corrected chi connectivity index (χ0v) is 14.0. The maximum absolute atomic E-state index is 12.1. The first-order valence-electron chi connectivity index (χ1n) is 7.82. The van der Waals surface area contributed by atoms with Gasteiger partial charge in [-0.2, -0.15) is 0 Å². The zero-order valence-electron chi connectivity index (χ0n) is 14.0. The van der Waals surface area contributed by atoms with Crippen LogP contribution >= 0.6 is 0 Å². The Morgan fingerprint density at radius 3 is 2.54 bits per heavy atom. The monoisotopic (exact) mass is 329 g/mol. The van der Waals surface area contributed by atoms with Gasteiger partial charge in [0.05, 0.1) is 26.4 Å². The average molecular weight is 329 g/mol. The van der Waals surface area contributed by atoms with Gasteiger partial charge in [0.1, 0.15) is 5.75 Å². The molecule has 0 spiro atoms. The Bertz CT molecular complexity index is 655. The molecule has 0 fully saturated rings. The molecule has 0 heterocycles. The van der Waals surface area contributed by atoms with Crippen LogP contribution in [0.5, 0.6) is 5.75 Å². The fourth-order valence-corrected chi connectivity index (χ4v) is 2.23. The lowest BCUT2D eigenvalue weighted by molar-refractivity contribution is 0.0285. The van der Waals surface area contributed by atoms with Gasteiger partial charge in [-0.05, 0) is 36.2 Å². The predicted molar refractivity (Wildman–Crippen MR) is 92.2 cm³/mol. The number of amides is 1. The maximum Gasteiger partial charge on any atom is 0.251 e. The molecule has 1 amide bonds. The second-order valence-electron chi connectivity index (χ2n) is 5.54. The summed E-state index contributed by atoms with van der Waals surface area (Å²) in [4.78, 5) is 12.1. The van der Waals surface area contributed by atoms with Crippen molar-refractivity contribution >= 4 is 5.91 Å². The van der Waals surface area contributed by atoms with Crippen molar-refractivity contribution in [2.45, 2.75) is 19.6 Å². The summed E-state index contributed by atoms with van der Waals surface area (Å²) in [7, 11) is 1.62. The number of hydrogen-bond acceptors (Lipinski definition) is 4. The van der Waals surface area contributed by atoms with Gasteiger partial charge in [0.25, 0.3) is 5.91 Å². The summed E-state index contributed by atoms with van der Waals surface area (Å²) in [6.45, 7) is 2.58. The second-order valence-corrected chi connectivity index (χ2v) is 5.54. The molecule has 2 N–H and O–H groups in total. The molecule has 0 aliphatic heterocycles. The first kappa shape index (κ1) is 18.0. The van der Waals surface area contributed by atoms with E-state index in [1.165, 1.54) is 0 Å². The number of aryl methyl sites for hydroxylation is 1. The number of ether oxygens (including phenoxy) is 2. The van der Waals surface area contributed by atoms with Crippen LogP contribution in [-0.4, -0.2) is 37.4 Å². The molecule has 0 aliphatic rings. The summed E-state index contributed by atoms with van der Waals surface area (Å²) in [5.74, 6) is 0.597. The third-order valence-corrected chi connectivity index (χ3v) is 3.63. The molecule has 0 saturated heterocycles. The Kier molecular flexibility index (Phi) is 6.78. The number of rotatable bonds is 8. The summed E-state index contributed by atoms with van der Waals surface area (Å²) < 4.78 is 10.6. The molecular weight excluding hydrogens is 306 g/mol. The highest BCUT2D eigenvalue weighted by molar-refractivity contribution is 5.95. The summed E-state index contributed by atoms with van der Waals surface area (Å²) in [6, 6.07) is 14.9. The molecule has 0 radical (unpaired) electrons. The summed E-state index contributed by atoms with van der Waals surface area (Å²) in [6.07, 6.45) is -0.754. The van der Waals surface area contributed by atoms with Crippen molar-refractivity contribution in [3.05, 3.63) is 65.2 Å². The van der Waals surface area contributed by atoms with Gasteiger partial charge in [-0.25, -0.2) is 0 Å². The first-order valence-corrected chi connectivity index (χ1v) is 7.82. The van der Waals surface area contributed by atoms with Gasteiger partial charge in [0.15, 0.2) is 0 Å². The van der Waals surface area contributed by atoms with E-state index in [1.54, 1.807) is 13.2 Å². The fourth-order valence-electron chi connectivity index (χ4n) is 2.23. The normalized spacial score (nSPS) is 11.8. The number of aliphatic hydroxyl groups excluding tert-OH is 1. The molecule has 0 bridgehead atoms. The number of carbonyl (C=O) groups is 1. The van der Waals surface area contributed by atoms with Crippen molar-refractivity contribution in [1.29, 1.82) is 0 Å². The Morgan fingerprint density at radius 2 is 1.88 bits per heavy atom. The highest BCUT2D eigenvalue weighted by atomic mass is 16.5. The van der Waals surface area contributed by atoms with Crippen molar-refractivity contribution in [2.24, 2.45) is 0 Å². The lowest BCUT2D eigenvalue weighted by Crippen LogP contribution is -2.34. The van der Waals surface area contributed by atoms with Crippen molar-refractivity contribution in [1.82, 2.24) is 5.32 Å². The van der Waals surface area contributed by atoms with Crippen molar-refractivity contribution in [3.63, 3.8) is 0 Å². The smallest absolute Gasteiger partial charge is 0.251 e. The molecule has 5 heteroatoms. The van der Waals surface area contributed by atoms with Gasteiger partial charge in [-0.1, -0.05) is 30.3 Å². The van der Waals surface area contributed by atoms with E-state index >= 15 is 0 Å². The van der Waals surface area contributed by atoms with Crippen molar-refractivity contribution in [3.8, 4) is 5.75 Å². The number of nitrogens with one attached hydrogen (secondary N) is 1. The molecule has 2 aromatic carbocycles. The van der Waals surface area contributed by atoms with Gasteiger partial charge < -0.3 is 19.9 Å². The van der Waals surface area contributed by atoms with Gasteiger partial charge in [0, 0.05) is 12.1 Å². The topological polar surface area (TPSA) is 67.8 Å². The molecule has 5 nitrogen and oxygen atoms in total. The Labute approximate surface area is 142 Å². The third kappa shape index (κ3) is 5.37. The summed E-state index contributed by atoms with van der Waals surface area (Å²) in [5.41, 5.74) is 2.51. The highest BCUT2D eigenvalue weighted by Gasteiger charge is 2.11. The Balaban J connectivity index is 1.70. The van der Waals surface area contributed by atoms with Crippen LogP contribution in [0.25, 0.3) is 0 Å². The van der Waals surface area contributed by atoms with Crippen LogP contribution in [0.4, 0.5) is 0 Å². The van der Waals surface area contributed by atoms with E-state index in [4.69, 9.17) is 9.47 Å². The summed E-state index contributed by atoms with van der Waals surface area (Å²) >= 11 is 0. The second kappa shape index (κ2) is 9.05. The molecule has 128 valence electrons. The standard InChI is InChI=1S/C19H23NO4/c1-14-5-3-4-6-18(14)19(22)20-11-16(21)13-24-12-15-7-9-17(23-2)10-8-15/h3-10,16,21H,11-13H2,1-2H3,(H,20,22). The molecule has 1 atom stereocenters. The van der Waals surface area contributed by atoms with Gasteiger partial charge in [-0.3, -0.25) is 4.79 Å². The van der Waals surface area contributed by atoms with E-state index < -0.39 is 6.10 Å². The maximum atomic E-state index is 12.1. The van der Waals surface area contributed by atoms with Crippen LogP contribution in [0, 0.1) is 6.92 Å². The minimum atomic E-state index is -0.754. The van der Waals surface area contributed by atoms with Crippen molar-refractivity contribution < 1.29 is 19.4 Å². The van der Waals surface area contributed by atoms with Crippen LogP contribution in [0.2, 0.25) is 0 Å². The first-order chi connectivity index (χ1) is 11.6. The number of benzene rings is 2. The Morgan fingerprint density at radius 1 is 1.17 bits per heavy atom. The van der Waals surface area contributed by atoms with E-state index in [0.29, 0.717) is 12.2 Å². The molecule has 24 heavy (non-hydrogen) atoms. The quantitative estimate of drug-likeness (QED) is 0.780. The van der Waals surface area contributed by atoms with Crippen LogP contribution < -0.4 is 10.1 Å². The molecule has 2 aromatic rings. The minimum absolute atomic E-state index is 0.149. The number of carbonyl (C=O) groups excluding carboxylic acids is 1. The fraction of sp³-hybridized carbons (Fsp3) is 0.316. The van der Waals surface area contributed by atoms with E-state index in [0.717, 1.165) is 16.9 Å². The highest BCUT2D eigenvalue weighted by Crippen LogP contribution is 2.12. The largest absolute Gasteiger partial charge is 0.497 e. The SMILES string of the molecule is COc1ccc(COCC(O)CNC(=O)c2ccccc2C)cc1. The van der Waals surface area contributed by atoms with Crippen molar-refractivity contribution in [2.75, 3.05) is 20.3 Å². The molecule has 2 rings (SSSR count). The van der Waals surface area contributed by atoms with E-state index in [1.807, 2.05) is 49.4 Å². The molecular formula is C19H23NO4. The van der Waals surface area contributed by atoms with E-state index in [-0.39, 0.29) is 19.1 Å². The van der Waals surface area contributed by atoms with Gasteiger partial charge in [-0.15, -0.1) is 0 Å². The zero-order chi connectivity index (χ0) is 17.4. The van der Waals surface area contributed by atoms with Crippen LogP contribution in [0.1, 0.15) is 21.5 Å². The predicted octanol–water partition coefficient (Wildman–Crippen LogP) is 2.31. The van der Waals surface area contributed by atoms with E-state index in [9.17, 15) is 9.90 Å². The van der Waals surface area contributed by atoms with Crippen LogP contribution in [0.15, 0.2) is 48.5 Å². The Hall–Kier alpha value is -2.37. The molecule has 0 aliphatic carbocycles. The molecule has 0 aromatic heterocycles. The molecule has 0 saturated carbocycles. The van der Waals surface area contributed by atoms with Crippen LogP contribution in [0.3, 0.4) is 0 Å². The lowest BCUT2D eigenvalue weighted by Gasteiger charge is -2.13. The lowest BCUT2D eigenvalue weighted by atomic mass is 10.1. The number of hydrogen-bond donors (Lipinski definition) is 2. The van der Waals surface area contributed by atoms with Crippen LogP contribution in [-0.2, 0) is 11.3 Å². The van der Waals surface area contributed by atoms with Gasteiger partial charge in [0.2, 0.25) is 0 Å². The molecule has 1 unspecified atom stereocenters. The number of aliphatic hydroxyl groups is 1. The number of methoxy groups -OCH3 is 1. The van der Waals surface area contributed by atoms with Gasteiger partial charge >= 0.3 is 0 Å².